The van der Waals surface area contributed by atoms with Gasteiger partial charge in [0.05, 0.1) is 46.2 Å². The Labute approximate surface area is 113 Å². The molecule has 0 radical (unpaired) electrons. The van der Waals surface area contributed by atoms with Gasteiger partial charge < -0.3 is 24.6 Å². The van der Waals surface area contributed by atoms with E-state index < -0.39 is 0 Å². The van der Waals surface area contributed by atoms with Gasteiger partial charge in [0, 0.05) is 12.1 Å². The number of rotatable bonds is 12. The van der Waals surface area contributed by atoms with Crippen LogP contribution >= 0.6 is 0 Å². The summed E-state index contributed by atoms with van der Waals surface area (Å²) in [5.74, 6) is 0.0205. The van der Waals surface area contributed by atoms with Crippen LogP contribution < -0.4 is 5.32 Å². The first-order valence-corrected chi connectivity index (χ1v) is 6.66. The molecular weight excluding hydrogens is 250 g/mol. The molecule has 0 atom stereocenters. The van der Waals surface area contributed by atoms with Gasteiger partial charge >= 0.3 is 0 Å². The number of carbonyl (C=O) groups is 1. The molecule has 0 aromatic carbocycles. The molecule has 19 heavy (non-hydrogen) atoms. The zero-order chi connectivity index (χ0) is 13.8. The number of allylic oxidation sites excluding steroid dienone is 1. The van der Waals surface area contributed by atoms with Crippen LogP contribution in [0.3, 0.4) is 0 Å². The molecule has 0 spiro atoms. The summed E-state index contributed by atoms with van der Waals surface area (Å²) in [6.45, 7) is 3.36. The van der Waals surface area contributed by atoms with Crippen LogP contribution in [0.2, 0.25) is 0 Å². The van der Waals surface area contributed by atoms with Crippen molar-refractivity contribution in [1.82, 2.24) is 5.32 Å². The van der Waals surface area contributed by atoms with E-state index in [9.17, 15) is 4.79 Å². The Morgan fingerprint density at radius 1 is 1.11 bits per heavy atom. The van der Waals surface area contributed by atoms with Crippen molar-refractivity contribution in [2.45, 2.75) is 12.8 Å². The minimum Gasteiger partial charge on any atom is -0.394 e. The second-order valence-electron chi connectivity index (χ2n) is 4.08. The zero-order valence-corrected chi connectivity index (χ0v) is 11.2. The lowest BCUT2D eigenvalue weighted by molar-refractivity contribution is -0.118. The second-order valence-corrected chi connectivity index (χ2v) is 4.08. The summed E-state index contributed by atoms with van der Waals surface area (Å²) in [4.78, 5) is 11.4. The highest BCUT2D eigenvalue weighted by Gasteiger charge is 2.13. The van der Waals surface area contributed by atoms with Crippen LogP contribution in [0, 0.1) is 0 Å². The van der Waals surface area contributed by atoms with Gasteiger partial charge in [-0.25, -0.2) is 0 Å². The van der Waals surface area contributed by atoms with Crippen LogP contribution in [0.15, 0.2) is 11.6 Å². The summed E-state index contributed by atoms with van der Waals surface area (Å²) >= 11 is 0. The highest BCUT2D eigenvalue weighted by atomic mass is 16.5. The molecule has 110 valence electrons. The van der Waals surface area contributed by atoms with Crippen LogP contribution in [-0.4, -0.2) is 63.8 Å². The van der Waals surface area contributed by atoms with Crippen molar-refractivity contribution >= 4 is 5.91 Å². The number of ether oxygens (including phenoxy) is 3. The number of nitrogens with one attached hydrogen (secondary N) is 1. The van der Waals surface area contributed by atoms with Gasteiger partial charge in [0.2, 0.25) is 5.91 Å². The number of carbonyl (C=O) groups excluding carboxylic acids is 1. The molecule has 1 aliphatic carbocycles. The van der Waals surface area contributed by atoms with Gasteiger partial charge in [-0.1, -0.05) is 6.08 Å². The fourth-order valence-corrected chi connectivity index (χ4v) is 1.45. The number of aliphatic hydroxyl groups is 1. The van der Waals surface area contributed by atoms with Crippen molar-refractivity contribution in [3.8, 4) is 0 Å². The van der Waals surface area contributed by atoms with E-state index in [0.29, 0.717) is 46.2 Å². The molecule has 0 bridgehead atoms. The van der Waals surface area contributed by atoms with Gasteiger partial charge in [0.1, 0.15) is 0 Å². The third kappa shape index (κ3) is 7.94. The van der Waals surface area contributed by atoms with Crippen molar-refractivity contribution < 1.29 is 24.1 Å². The lowest BCUT2D eigenvalue weighted by atomic mass is 9.98. The summed E-state index contributed by atoms with van der Waals surface area (Å²) in [6.07, 6.45) is 3.85. The summed E-state index contributed by atoms with van der Waals surface area (Å²) in [5, 5.41) is 11.3. The Bertz CT molecular complexity index is 280. The Kier molecular flexibility index (Phi) is 9.26. The summed E-state index contributed by atoms with van der Waals surface area (Å²) < 4.78 is 15.6. The SMILES string of the molecule is O=C(NCCOCCOCCOCCO)C1=CCC1. The van der Waals surface area contributed by atoms with Crippen molar-refractivity contribution in [2.24, 2.45) is 0 Å². The van der Waals surface area contributed by atoms with Gasteiger partial charge in [0.25, 0.3) is 0 Å². The van der Waals surface area contributed by atoms with E-state index >= 15 is 0 Å². The monoisotopic (exact) mass is 273 g/mol. The lowest BCUT2D eigenvalue weighted by Gasteiger charge is -2.13. The largest absolute Gasteiger partial charge is 0.394 e. The second kappa shape index (κ2) is 10.9. The van der Waals surface area contributed by atoms with E-state index in [1.165, 1.54) is 0 Å². The summed E-state index contributed by atoms with van der Waals surface area (Å²) in [5.41, 5.74) is 0.881. The topological polar surface area (TPSA) is 77.0 Å². The predicted octanol–water partition coefficient (Wildman–Crippen LogP) is -0.135. The van der Waals surface area contributed by atoms with Crippen LogP contribution in [0.1, 0.15) is 12.8 Å². The number of aliphatic hydroxyl groups excluding tert-OH is 1. The molecule has 0 unspecified atom stereocenters. The minimum absolute atomic E-state index is 0.0205. The zero-order valence-electron chi connectivity index (χ0n) is 11.2. The summed E-state index contributed by atoms with van der Waals surface area (Å²) in [7, 11) is 0. The standard InChI is InChI=1S/C13H23NO5/c15-5-7-18-9-11-19-10-8-17-6-4-14-13(16)12-2-1-3-12/h2,15H,1,3-11H2,(H,14,16). The van der Waals surface area contributed by atoms with E-state index in [2.05, 4.69) is 5.32 Å². The number of amides is 1. The van der Waals surface area contributed by atoms with Gasteiger partial charge in [-0.15, -0.1) is 0 Å². The molecule has 0 aromatic rings. The Morgan fingerprint density at radius 3 is 2.21 bits per heavy atom. The molecule has 0 aromatic heterocycles. The van der Waals surface area contributed by atoms with Crippen molar-refractivity contribution in [3.05, 3.63) is 11.6 Å². The fourth-order valence-electron chi connectivity index (χ4n) is 1.45. The number of hydrogen-bond donors (Lipinski definition) is 2. The summed E-state index contributed by atoms with van der Waals surface area (Å²) in [6, 6.07) is 0. The maximum Gasteiger partial charge on any atom is 0.246 e. The molecule has 0 saturated carbocycles. The first kappa shape index (κ1) is 16.1. The van der Waals surface area contributed by atoms with Crippen LogP contribution in [0.25, 0.3) is 0 Å². The molecule has 1 amide bonds. The molecular formula is C13H23NO5. The molecule has 0 heterocycles. The third-order valence-electron chi connectivity index (χ3n) is 2.61. The smallest absolute Gasteiger partial charge is 0.246 e. The van der Waals surface area contributed by atoms with E-state index in [0.717, 1.165) is 18.4 Å². The van der Waals surface area contributed by atoms with Crippen LogP contribution in [-0.2, 0) is 19.0 Å². The highest BCUT2D eigenvalue weighted by Crippen LogP contribution is 2.16. The molecule has 0 aliphatic heterocycles. The first-order valence-electron chi connectivity index (χ1n) is 6.66. The van der Waals surface area contributed by atoms with Crippen LogP contribution in [0.4, 0.5) is 0 Å². The predicted molar refractivity (Wildman–Crippen MR) is 69.9 cm³/mol. The molecule has 6 heteroatoms. The average Bonchev–Trinajstić information content (AvgIpc) is 2.34. The third-order valence-corrected chi connectivity index (χ3v) is 2.61. The first-order chi connectivity index (χ1) is 9.34. The van der Waals surface area contributed by atoms with Gasteiger partial charge in [-0.05, 0) is 12.8 Å². The Balaban J connectivity index is 1.75. The van der Waals surface area contributed by atoms with Crippen LogP contribution in [0.5, 0.6) is 0 Å². The van der Waals surface area contributed by atoms with E-state index in [4.69, 9.17) is 19.3 Å². The van der Waals surface area contributed by atoms with E-state index in [-0.39, 0.29) is 12.5 Å². The van der Waals surface area contributed by atoms with E-state index in [1.54, 1.807) is 0 Å². The molecule has 2 N–H and O–H groups in total. The fraction of sp³-hybridized carbons (Fsp3) is 0.769. The van der Waals surface area contributed by atoms with Crippen molar-refractivity contribution in [3.63, 3.8) is 0 Å². The highest BCUT2D eigenvalue weighted by molar-refractivity contribution is 5.94. The maximum atomic E-state index is 11.4. The lowest BCUT2D eigenvalue weighted by Crippen LogP contribution is -2.30. The normalized spacial score (nSPS) is 13.8. The maximum absolute atomic E-state index is 11.4. The Hall–Kier alpha value is -0.950. The van der Waals surface area contributed by atoms with Gasteiger partial charge in [-0.3, -0.25) is 4.79 Å². The van der Waals surface area contributed by atoms with Gasteiger partial charge in [0.15, 0.2) is 0 Å². The molecule has 1 aliphatic rings. The molecule has 1 rings (SSSR count). The van der Waals surface area contributed by atoms with E-state index in [1.807, 2.05) is 6.08 Å². The molecule has 0 fully saturated rings. The quantitative estimate of drug-likeness (QED) is 0.484. The average molecular weight is 273 g/mol. The molecule has 0 saturated heterocycles. The number of hydrogen-bond acceptors (Lipinski definition) is 5. The minimum atomic E-state index is 0.0205. The molecule has 6 nitrogen and oxygen atoms in total. The van der Waals surface area contributed by atoms with Crippen molar-refractivity contribution in [2.75, 3.05) is 52.8 Å². The van der Waals surface area contributed by atoms with Gasteiger partial charge in [-0.2, -0.15) is 0 Å². The Morgan fingerprint density at radius 2 is 1.68 bits per heavy atom. The van der Waals surface area contributed by atoms with Crippen molar-refractivity contribution in [1.29, 1.82) is 0 Å².